The molecule has 144 valence electrons. The second-order valence-corrected chi connectivity index (χ2v) is 7.19. The molecule has 0 bridgehead atoms. The average molecular weight is 376 g/mol. The highest BCUT2D eigenvalue weighted by molar-refractivity contribution is 6.00. The number of hydrogen-bond donors (Lipinski definition) is 2. The number of aryl methyl sites for hydroxylation is 2. The Hall–Kier alpha value is -3.12. The van der Waals surface area contributed by atoms with E-state index in [1.165, 1.54) is 11.1 Å². The molecule has 3 aromatic rings. The van der Waals surface area contributed by atoms with Crippen LogP contribution in [0.3, 0.4) is 0 Å². The van der Waals surface area contributed by atoms with E-state index in [9.17, 15) is 4.79 Å². The number of hydrogen-bond acceptors (Lipinski definition) is 4. The second kappa shape index (κ2) is 7.86. The molecule has 2 aromatic carbocycles. The molecular formula is C22H24N4O2. The largest absolute Gasteiger partial charge is 0.445 e. The Labute approximate surface area is 164 Å². The molecule has 0 aliphatic carbocycles. The molecule has 28 heavy (non-hydrogen) atoms. The van der Waals surface area contributed by atoms with E-state index in [-0.39, 0.29) is 6.03 Å². The fraction of sp³-hybridized carbons (Fsp3) is 0.273. The number of rotatable bonds is 4. The highest BCUT2D eigenvalue weighted by Crippen LogP contribution is 2.27. The van der Waals surface area contributed by atoms with Gasteiger partial charge in [0.25, 0.3) is 0 Å². The van der Waals surface area contributed by atoms with Crippen molar-refractivity contribution in [2.24, 2.45) is 0 Å². The van der Waals surface area contributed by atoms with Gasteiger partial charge in [-0.1, -0.05) is 29.8 Å². The van der Waals surface area contributed by atoms with Crippen LogP contribution in [0, 0.1) is 13.8 Å². The minimum Gasteiger partial charge on any atom is -0.445 e. The zero-order chi connectivity index (χ0) is 19.5. The van der Waals surface area contributed by atoms with Crippen molar-refractivity contribution in [2.45, 2.75) is 33.4 Å². The number of nitrogens with one attached hydrogen (secondary N) is 2. The lowest BCUT2D eigenvalue weighted by Gasteiger charge is -2.29. The average Bonchev–Trinajstić information content (AvgIpc) is 3.08. The van der Waals surface area contributed by atoms with E-state index in [0.717, 1.165) is 48.8 Å². The Morgan fingerprint density at radius 1 is 1.14 bits per heavy atom. The fourth-order valence-corrected chi connectivity index (χ4v) is 3.54. The lowest BCUT2D eigenvalue weighted by atomic mass is 9.97. The van der Waals surface area contributed by atoms with E-state index in [4.69, 9.17) is 4.42 Å². The predicted octanol–water partition coefficient (Wildman–Crippen LogP) is 4.49. The van der Waals surface area contributed by atoms with Gasteiger partial charge in [0.2, 0.25) is 0 Å². The quantitative estimate of drug-likeness (QED) is 0.704. The van der Waals surface area contributed by atoms with Crippen LogP contribution < -0.4 is 10.6 Å². The minimum atomic E-state index is -0.225. The smallest absolute Gasteiger partial charge is 0.323 e. The fourth-order valence-electron chi connectivity index (χ4n) is 3.54. The molecule has 0 atom stereocenters. The molecule has 0 saturated heterocycles. The second-order valence-electron chi connectivity index (χ2n) is 7.19. The van der Waals surface area contributed by atoms with Crippen LogP contribution >= 0.6 is 0 Å². The summed E-state index contributed by atoms with van der Waals surface area (Å²) in [5.74, 6) is 1.58. The van der Waals surface area contributed by atoms with Crippen molar-refractivity contribution in [2.75, 3.05) is 17.2 Å². The molecule has 2 heterocycles. The lowest BCUT2D eigenvalue weighted by Crippen LogP contribution is -2.31. The molecule has 1 aromatic heterocycles. The number of urea groups is 1. The van der Waals surface area contributed by atoms with Gasteiger partial charge >= 0.3 is 6.03 Å². The van der Waals surface area contributed by atoms with Crippen LogP contribution in [0.1, 0.15) is 28.3 Å². The summed E-state index contributed by atoms with van der Waals surface area (Å²) in [7, 11) is 0. The molecule has 1 aliphatic heterocycles. The number of nitrogens with zero attached hydrogens (tertiary/aromatic N) is 2. The molecular weight excluding hydrogens is 352 g/mol. The van der Waals surface area contributed by atoms with E-state index in [0.29, 0.717) is 5.89 Å². The summed E-state index contributed by atoms with van der Waals surface area (Å²) in [6.07, 6.45) is 2.67. The molecule has 4 rings (SSSR count). The number of oxazole rings is 1. The van der Waals surface area contributed by atoms with Crippen molar-refractivity contribution in [1.82, 2.24) is 9.88 Å². The summed E-state index contributed by atoms with van der Waals surface area (Å²) in [4.78, 5) is 18.9. The first-order valence-electron chi connectivity index (χ1n) is 9.46. The number of aromatic nitrogens is 1. The van der Waals surface area contributed by atoms with Gasteiger partial charge in [-0.05, 0) is 42.7 Å². The maximum Gasteiger partial charge on any atom is 0.323 e. The summed E-state index contributed by atoms with van der Waals surface area (Å²) in [6.45, 7) is 6.35. The number of benzene rings is 2. The minimum absolute atomic E-state index is 0.225. The first-order chi connectivity index (χ1) is 13.6. The Morgan fingerprint density at radius 3 is 2.71 bits per heavy atom. The zero-order valence-corrected chi connectivity index (χ0v) is 16.2. The number of carbonyl (C=O) groups is 1. The third-order valence-electron chi connectivity index (χ3n) is 4.95. The van der Waals surface area contributed by atoms with Gasteiger partial charge in [0.05, 0.1) is 12.7 Å². The molecule has 0 fully saturated rings. The highest BCUT2D eigenvalue weighted by Gasteiger charge is 2.20. The SMILES string of the molecule is Cc1ccc(NC(=O)Nc2cccc3c2CCN(Cc2cnc(C)o2)C3)cc1. The van der Waals surface area contributed by atoms with Crippen molar-refractivity contribution in [3.8, 4) is 0 Å². The maximum atomic E-state index is 12.4. The summed E-state index contributed by atoms with van der Waals surface area (Å²) in [6, 6.07) is 13.6. The van der Waals surface area contributed by atoms with E-state index >= 15 is 0 Å². The topological polar surface area (TPSA) is 70.4 Å². The van der Waals surface area contributed by atoms with Gasteiger partial charge in [0.15, 0.2) is 5.89 Å². The Balaban J connectivity index is 1.42. The molecule has 0 saturated carbocycles. The molecule has 0 spiro atoms. The zero-order valence-electron chi connectivity index (χ0n) is 16.2. The number of carbonyl (C=O) groups excluding carboxylic acids is 1. The van der Waals surface area contributed by atoms with Crippen LogP contribution in [0.25, 0.3) is 0 Å². The van der Waals surface area contributed by atoms with Crippen LogP contribution in [0.2, 0.25) is 0 Å². The van der Waals surface area contributed by atoms with E-state index in [2.05, 4.69) is 26.6 Å². The van der Waals surface area contributed by atoms with Gasteiger partial charge in [-0.3, -0.25) is 4.90 Å². The first-order valence-corrected chi connectivity index (χ1v) is 9.46. The van der Waals surface area contributed by atoms with Crippen LogP contribution in [-0.4, -0.2) is 22.5 Å². The Morgan fingerprint density at radius 2 is 1.96 bits per heavy atom. The van der Waals surface area contributed by atoms with Crippen molar-refractivity contribution in [1.29, 1.82) is 0 Å². The first kappa shape index (κ1) is 18.3. The van der Waals surface area contributed by atoms with Crippen LogP contribution in [0.5, 0.6) is 0 Å². The van der Waals surface area contributed by atoms with Crippen molar-refractivity contribution in [3.63, 3.8) is 0 Å². The van der Waals surface area contributed by atoms with Gasteiger partial charge in [-0.15, -0.1) is 0 Å². The van der Waals surface area contributed by atoms with E-state index in [1.807, 2.05) is 50.2 Å². The molecule has 2 N–H and O–H groups in total. The Bertz CT molecular complexity index is 978. The lowest BCUT2D eigenvalue weighted by molar-refractivity contribution is 0.224. The standard InChI is InChI=1S/C22H24N4O2/c1-15-6-8-18(9-7-15)24-22(27)25-21-5-3-4-17-13-26(11-10-20(17)21)14-19-12-23-16(2)28-19/h3-9,12H,10-11,13-14H2,1-2H3,(H2,24,25,27). The van der Waals surface area contributed by atoms with Crippen LogP contribution in [-0.2, 0) is 19.5 Å². The van der Waals surface area contributed by atoms with Crippen molar-refractivity contribution < 1.29 is 9.21 Å². The normalized spacial score (nSPS) is 13.8. The predicted molar refractivity (Wildman–Crippen MR) is 109 cm³/mol. The van der Waals surface area contributed by atoms with E-state index < -0.39 is 0 Å². The highest BCUT2D eigenvalue weighted by atomic mass is 16.4. The van der Waals surface area contributed by atoms with Crippen molar-refractivity contribution >= 4 is 17.4 Å². The summed E-state index contributed by atoms with van der Waals surface area (Å²) < 4.78 is 5.60. The summed E-state index contributed by atoms with van der Waals surface area (Å²) in [5.41, 5.74) is 5.24. The van der Waals surface area contributed by atoms with Gasteiger partial charge in [-0.25, -0.2) is 9.78 Å². The van der Waals surface area contributed by atoms with Gasteiger partial charge in [-0.2, -0.15) is 0 Å². The van der Waals surface area contributed by atoms with Gasteiger partial charge in [0, 0.05) is 31.4 Å². The molecule has 0 radical (unpaired) electrons. The van der Waals surface area contributed by atoms with Crippen LogP contribution in [0.15, 0.2) is 53.1 Å². The molecule has 6 heteroatoms. The Kier molecular flexibility index (Phi) is 5.12. The van der Waals surface area contributed by atoms with Gasteiger partial charge in [0.1, 0.15) is 5.76 Å². The number of amides is 2. The molecule has 2 amide bonds. The van der Waals surface area contributed by atoms with Gasteiger partial charge < -0.3 is 15.1 Å². The molecule has 1 aliphatic rings. The van der Waals surface area contributed by atoms with Crippen molar-refractivity contribution in [3.05, 3.63) is 77.0 Å². The number of fused-ring (bicyclic) bond motifs is 1. The third-order valence-corrected chi connectivity index (χ3v) is 4.95. The third kappa shape index (κ3) is 4.23. The summed E-state index contributed by atoms with van der Waals surface area (Å²) in [5, 5.41) is 5.89. The summed E-state index contributed by atoms with van der Waals surface area (Å²) >= 11 is 0. The maximum absolute atomic E-state index is 12.4. The van der Waals surface area contributed by atoms with E-state index in [1.54, 1.807) is 6.20 Å². The van der Waals surface area contributed by atoms with Crippen LogP contribution in [0.4, 0.5) is 16.2 Å². The molecule has 6 nitrogen and oxygen atoms in total. The molecule has 0 unspecified atom stereocenters. The number of anilines is 2. The monoisotopic (exact) mass is 376 g/mol.